The van der Waals surface area contributed by atoms with Crippen molar-refractivity contribution in [1.29, 1.82) is 0 Å². The summed E-state index contributed by atoms with van der Waals surface area (Å²) in [6, 6.07) is 0. The first-order valence-corrected chi connectivity index (χ1v) is 23.2. The van der Waals surface area contributed by atoms with Gasteiger partial charge < -0.3 is 14.6 Å². The van der Waals surface area contributed by atoms with E-state index in [0.29, 0.717) is 12.8 Å². The second-order valence-corrected chi connectivity index (χ2v) is 15.8. The minimum Gasteiger partial charge on any atom is -0.462 e. The molecule has 0 aliphatic carbocycles. The maximum atomic E-state index is 12.2. The molecule has 0 saturated carbocycles. The molecule has 0 aromatic heterocycles. The lowest BCUT2D eigenvalue weighted by molar-refractivity contribution is -0.161. The molecular formula is C47H90O5. The van der Waals surface area contributed by atoms with E-state index in [4.69, 9.17) is 9.47 Å². The van der Waals surface area contributed by atoms with E-state index in [9.17, 15) is 14.7 Å². The van der Waals surface area contributed by atoms with Crippen LogP contribution in [0.2, 0.25) is 0 Å². The maximum Gasteiger partial charge on any atom is 0.306 e. The molecule has 0 saturated heterocycles. The van der Waals surface area contributed by atoms with Crippen LogP contribution in [-0.2, 0) is 19.1 Å². The fourth-order valence-corrected chi connectivity index (χ4v) is 7.03. The lowest BCUT2D eigenvalue weighted by Crippen LogP contribution is -2.28. The Labute approximate surface area is 324 Å². The molecule has 0 unspecified atom stereocenters. The highest BCUT2D eigenvalue weighted by atomic mass is 16.6. The number of aliphatic hydroxyl groups excluding tert-OH is 1. The second kappa shape index (κ2) is 44.0. The summed E-state index contributed by atoms with van der Waals surface area (Å²) in [5.41, 5.74) is 0. The number of ether oxygens (including phenoxy) is 2. The van der Waals surface area contributed by atoms with Gasteiger partial charge in [-0.2, -0.15) is 0 Å². The molecule has 0 aliphatic heterocycles. The van der Waals surface area contributed by atoms with Crippen LogP contribution < -0.4 is 0 Å². The summed E-state index contributed by atoms with van der Waals surface area (Å²) in [6.07, 6.45) is 51.6. The van der Waals surface area contributed by atoms with Gasteiger partial charge in [-0.1, -0.05) is 225 Å². The normalized spacial score (nSPS) is 12.1. The van der Waals surface area contributed by atoms with Crippen molar-refractivity contribution < 1.29 is 24.2 Å². The van der Waals surface area contributed by atoms with Gasteiger partial charge in [0.2, 0.25) is 0 Å². The molecule has 0 radical (unpaired) electrons. The molecule has 0 aromatic rings. The Morgan fingerprint density at radius 3 is 1.10 bits per heavy atom. The predicted molar refractivity (Wildman–Crippen MR) is 224 cm³/mol. The van der Waals surface area contributed by atoms with Gasteiger partial charge in [0.1, 0.15) is 6.61 Å². The molecule has 1 N–H and O–H groups in total. The minimum absolute atomic E-state index is 0.0743. The van der Waals surface area contributed by atoms with Crippen molar-refractivity contribution in [3.8, 4) is 0 Å². The molecule has 0 bridgehead atoms. The first kappa shape index (κ1) is 50.6. The van der Waals surface area contributed by atoms with Gasteiger partial charge in [-0.05, 0) is 32.1 Å². The van der Waals surface area contributed by atoms with E-state index < -0.39 is 6.10 Å². The molecule has 1 atom stereocenters. The molecule has 0 fully saturated rings. The van der Waals surface area contributed by atoms with Crippen LogP contribution >= 0.6 is 0 Å². The van der Waals surface area contributed by atoms with Gasteiger partial charge in [0.25, 0.3) is 0 Å². The quantitative estimate of drug-likeness (QED) is 0.0383. The van der Waals surface area contributed by atoms with Gasteiger partial charge in [0.05, 0.1) is 6.61 Å². The maximum absolute atomic E-state index is 12.2. The van der Waals surface area contributed by atoms with Crippen LogP contribution in [0.25, 0.3) is 0 Å². The third kappa shape index (κ3) is 41.4. The van der Waals surface area contributed by atoms with E-state index in [1.54, 1.807) is 0 Å². The molecule has 5 nitrogen and oxygen atoms in total. The summed E-state index contributed by atoms with van der Waals surface area (Å²) in [5.74, 6) is -0.612. The number of hydrogen-bond donors (Lipinski definition) is 1. The zero-order chi connectivity index (χ0) is 37.8. The molecular weight excluding hydrogens is 645 g/mol. The highest BCUT2D eigenvalue weighted by molar-refractivity contribution is 5.70. The molecule has 0 rings (SSSR count). The van der Waals surface area contributed by atoms with Gasteiger partial charge in [-0.3, -0.25) is 9.59 Å². The van der Waals surface area contributed by atoms with Crippen LogP contribution in [0, 0.1) is 0 Å². The molecule has 0 heterocycles. The number of carbonyl (C=O) groups excluding carboxylic acids is 2. The molecule has 52 heavy (non-hydrogen) atoms. The van der Waals surface area contributed by atoms with E-state index in [1.807, 2.05) is 0 Å². The van der Waals surface area contributed by atoms with E-state index in [2.05, 4.69) is 26.0 Å². The molecule has 0 aliphatic rings. The Morgan fingerprint density at radius 1 is 0.423 bits per heavy atom. The fraction of sp³-hybridized carbons (Fsp3) is 0.915. The fourth-order valence-electron chi connectivity index (χ4n) is 7.03. The lowest BCUT2D eigenvalue weighted by atomic mass is 10.0. The van der Waals surface area contributed by atoms with E-state index in [0.717, 1.165) is 38.5 Å². The topological polar surface area (TPSA) is 72.8 Å². The first-order chi connectivity index (χ1) is 25.6. The number of rotatable bonds is 43. The van der Waals surface area contributed by atoms with Gasteiger partial charge >= 0.3 is 11.9 Å². The van der Waals surface area contributed by atoms with Crippen LogP contribution in [0.3, 0.4) is 0 Å². The summed E-state index contributed by atoms with van der Waals surface area (Å²) in [5, 5.41) is 9.58. The van der Waals surface area contributed by atoms with Gasteiger partial charge in [0, 0.05) is 12.8 Å². The number of esters is 2. The van der Waals surface area contributed by atoms with Crippen molar-refractivity contribution in [2.75, 3.05) is 13.2 Å². The van der Waals surface area contributed by atoms with E-state index in [1.165, 1.54) is 193 Å². The Kier molecular flexibility index (Phi) is 42.9. The molecule has 5 heteroatoms. The Balaban J connectivity index is 3.48. The highest BCUT2D eigenvalue weighted by Crippen LogP contribution is 2.16. The van der Waals surface area contributed by atoms with E-state index in [-0.39, 0.29) is 25.2 Å². The zero-order valence-corrected chi connectivity index (χ0v) is 35.1. The summed E-state index contributed by atoms with van der Waals surface area (Å²) < 4.78 is 10.6. The number of carbonyl (C=O) groups is 2. The third-order valence-corrected chi connectivity index (χ3v) is 10.6. The monoisotopic (exact) mass is 735 g/mol. The number of unbranched alkanes of at least 4 members (excludes halogenated alkanes) is 33. The van der Waals surface area contributed by atoms with Crippen molar-refractivity contribution in [1.82, 2.24) is 0 Å². The smallest absolute Gasteiger partial charge is 0.306 e. The molecule has 308 valence electrons. The number of aliphatic hydroxyl groups is 1. The van der Waals surface area contributed by atoms with Gasteiger partial charge in [0.15, 0.2) is 6.10 Å². The second-order valence-electron chi connectivity index (χ2n) is 15.8. The third-order valence-electron chi connectivity index (χ3n) is 10.6. The molecule has 0 aromatic carbocycles. The standard InChI is InChI=1S/C47H90O5/c1-3-5-7-9-11-13-15-17-19-20-21-22-23-24-25-26-28-29-31-33-35-37-39-41-46(49)51-44-45(43-48)52-47(50)42-40-38-36-34-32-30-27-18-16-14-12-10-8-6-4-2/h33,35,45,48H,3-32,34,36-44H2,1-2H3/b35-33+/t45-/m0/s1. The van der Waals surface area contributed by atoms with Crippen LogP contribution in [0.4, 0.5) is 0 Å². The van der Waals surface area contributed by atoms with Crippen LogP contribution in [0.1, 0.15) is 258 Å². The summed E-state index contributed by atoms with van der Waals surface area (Å²) in [6.45, 7) is 4.15. The van der Waals surface area contributed by atoms with Gasteiger partial charge in [-0.15, -0.1) is 0 Å². The summed E-state index contributed by atoms with van der Waals surface area (Å²) >= 11 is 0. The van der Waals surface area contributed by atoms with Crippen LogP contribution in [0.5, 0.6) is 0 Å². The number of allylic oxidation sites excluding steroid dienone is 2. The predicted octanol–water partition coefficient (Wildman–Crippen LogP) is 14.9. The van der Waals surface area contributed by atoms with E-state index >= 15 is 0 Å². The van der Waals surface area contributed by atoms with Crippen molar-refractivity contribution in [2.45, 2.75) is 264 Å². The minimum atomic E-state index is -0.776. The lowest BCUT2D eigenvalue weighted by Gasteiger charge is -2.15. The Bertz CT molecular complexity index is 750. The SMILES string of the molecule is CCCCCCCCCCCCCCCCCCCC/C=C/CCCC(=O)OC[C@H](CO)OC(=O)CCCCCCCCCCCCCCCCC. The zero-order valence-electron chi connectivity index (χ0n) is 35.1. The highest BCUT2D eigenvalue weighted by Gasteiger charge is 2.16. The van der Waals surface area contributed by atoms with Gasteiger partial charge in [-0.25, -0.2) is 0 Å². The van der Waals surface area contributed by atoms with Crippen molar-refractivity contribution in [3.05, 3.63) is 12.2 Å². The van der Waals surface area contributed by atoms with Crippen LogP contribution in [-0.4, -0.2) is 36.4 Å². The Hall–Kier alpha value is -1.36. The average molecular weight is 735 g/mol. The summed E-state index contributed by atoms with van der Waals surface area (Å²) in [7, 11) is 0. The molecule has 0 spiro atoms. The molecule has 0 amide bonds. The first-order valence-electron chi connectivity index (χ1n) is 23.2. The van der Waals surface area contributed by atoms with Crippen molar-refractivity contribution >= 4 is 11.9 Å². The Morgan fingerprint density at radius 2 is 0.731 bits per heavy atom. The largest absolute Gasteiger partial charge is 0.462 e. The average Bonchev–Trinajstić information content (AvgIpc) is 3.15. The van der Waals surface area contributed by atoms with Crippen molar-refractivity contribution in [2.24, 2.45) is 0 Å². The van der Waals surface area contributed by atoms with Crippen LogP contribution in [0.15, 0.2) is 12.2 Å². The number of hydrogen-bond acceptors (Lipinski definition) is 5. The summed E-state index contributed by atoms with van der Waals surface area (Å²) in [4.78, 5) is 24.3. The van der Waals surface area contributed by atoms with Crippen molar-refractivity contribution in [3.63, 3.8) is 0 Å².